The van der Waals surface area contributed by atoms with Gasteiger partial charge in [-0.2, -0.15) is 18.2 Å². The molecule has 0 aliphatic carbocycles. The van der Waals surface area contributed by atoms with Crippen LogP contribution < -0.4 is 0 Å². The normalized spacial score (nSPS) is 5.71. The van der Waals surface area contributed by atoms with Gasteiger partial charge in [0.25, 0.3) is 0 Å². The van der Waals surface area contributed by atoms with E-state index in [1.54, 1.807) is 0 Å². The summed E-state index contributed by atoms with van der Waals surface area (Å²) in [5.74, 6) is 0. The van der Waals surface area contributed by atoms with Gasteiger partial charge in [0.15, 0.2) is 0 Å². The second kappa shape index (κ2) is 6.04. The molecule has 0 heterocycles. The third kappa shape index (κ3) is 3.88. The van der Waals surface area contributed by atoms with Gasteiger partial charge in [-0.3, -0.25) is 0 Å². The van der Waals surface area contributed by atoms with E-state index in [0.29, 0.717) is 0 Å². The fraction of sp³-hybridized carbons (Fsp3) is 0. The van der Waals surface area contributed by atoms with E-state index < -0.39 is 0 Å². The topological polar surface area (TPSA) is 0 Å². The van der Waals surface area contributed by atoms with Crippen LogP contribution in [0.25, 0.3) is 0 Å². The van der Waals surface area contributed by atoms with Crippen molar-refractivity contribution in [1.82, 2.24) is 0 Å². The molecule has 0 aliphatic heterocycles. The molecule has 0 amide bonds. The molecule has 1 aromatic carbocycles. The van der Waals surface area contributed by atoms with Gasteiger partial charge in [0, 0.05) is 0 Å². The average molecular weight is 176 g/mol. The Balaban J connectivity index is 0. The van der Waals surface area contributed by atoms with Crippen molar-refractivity contribution in [1.29, 1.82) is 0 Å². The van der Waals surface area contributed by atoms with E-state index >= 15 is 0 Å². The predicted molar refractivity (Wildman–Crippen MR) is 28.4 cm³/mol. The molecule has 1 rings (SSSR count). The zero-order valence-electron chi connectivity index (χ0n) is 4.29. The van der Waals surface area contributed by atoms with Crippen LogP contribution in [0.15, 0.2) is 30.3 Å². The minimum atomic E-state index is 0. The first kappa shape index (κ1) is 10.1. The first-order valence-electron chi connectivity index (χ1n) is 1.67. The zero-order chi connectivity index (χ0) is 3.54. The quantitative estimate of drug-likeness (QED) is 0.418. The zero-order valence-corrected chi connectivity index (χ0v) is 6.30. The maximum atomic E-state index is 2.00. The third-order valence-electron chi connectivity index (χ3n) is 0.556. The molecule has 0 nitrogen and oxygen atoms in total. The summed E-state index contributed by atoms with van der Waals surface area (Å²) in [5, 5.41) is 0. The van der Waals surface area contributed by atoms with E-state index in [4.69, 9.17) is 0 Å². The van der Waals surface area contributed by atoms with Gasteiger partial charge in [-0.25, -0.2) is 12.1 Å². The van der Waals surface area contributed by atoms with Crippen LogP contribution >= 0.6 is 0 Å². The summed E-state index contributed by atoms with van der Waals surface area (Å²) in [5.41, 5.74) is 0. The smallest absolute Gasteiger partial charge is 0.358 e. The average Bonchev–Trinajstić information content (AvgIpc) is 1.76. The molecule has 0 bridgehead atoms. The summed E-state index contributed by atoms with van der Waals surface area (Å²) >= 11 is 0. The minimum absolute atomic E-state index is 0. The van der Waals surface area contributed by atoms with Gasteiger partial charge in [0.1, 0.15) is 0 Å². The van der Waals surface area contributed by atoms with Crippen LogP contribution in [-0.4, -0.2) is 0 Å². The van der Waals surface area contributed by atoms with Gasteiger partial charge in [-0.1, -0.05) is 0 Å². The second-order valence-corrected chi connectivity index (χ2v) is 0.962. The Morgan fingerprint density at radius 1 is 1.00 bits per heavy atom. The monoisotopic (exact) mass is 178 g/mol. The van der Waals surface area contributed by atoms with Gasteiger partial charge in [-0.15, -0.1) is 0 Å². The summed E-state index contributed by atoms with van der Waals surface area (Å²) in [6.07, 6.45) is 0. The maximum Gasteiger partial charge on any atom is 2.00 e. The van der Waals surface area contributed by atoms with Crippen LogP contribution in [0.4, 0.5) is 0 Å². The number of hydrogen-bond acceptors (Lipinski definition) is 0. The largest absolute Gasteiger partial charge is 2.00 e. The third-order valence-corrected chi connectivity index (χ3v) is 0.556. The molecule has 0 atom stereocenters. The molecule has 38 valence electrons. The van der Waals surface area contributed by atoms with E-state index in [0.717, 1.165) is 0 Å². The molecule has 0 fully saturated rings. The van der Waals surface area contributed by atoms with Crippen LogP contribution in [-0.2, 0) is 21.1 Å². The van der Waals surface area contributed by atoms with Crippen molar-refractivity contribution in [2.45, 2.75) is 0 Å². The van der Waals surface area contributed by atoms with Crippen molar-refractivity contribution in [2.75, 3.05) is 0 Å². The van der Waals surface area contributed by atoms with Crippen LogP contribution in [0.1, 0.15) is 0 Å². The standard InChI is InChI=1S/C5H5.CH3.Mo/c1-2-4-5-3-1;;/h1-5H;1H3;/q2*-1;+2. The summed E-state index contributed by atoms with van der Waals surface area (Å²) < 4.78 is 0. The van der Waals surface area contributed by atoms with E-state index in [1.165, 1.54) is 0 Å². The Hall–Kier alpha value is 0.0383. The van der Waals surface area contributed by atoms with Crippen molar-refractivity contribution >= 4 is 0 Å². The van der Waals surface area contributed by atoms with Crippen molar-refractivity contribution in [3.8, 4) is 0 Å². The first-order chi connectivity index (χ1) is 2.50. The number of rotatable bonds is 0. The minimum Gasteiger partial charge on any atom is -0.358 e. The van der Waals surface area contributed by atoms with Crippen molar-refractivity contribution in [3.05, 3.63) is 37.8 Å². The van der Waals surface area contributed by atoms with Crippen molar-refractivity contribution < 1.29 is 21.1 Å². The van der Waals surface area contributed by atoms with Crippen LogP contribution in [0.5, 0.6) is 0 Å². The van der Waals surface area contributed by atoms with Gasteiger partial charge >= 0.3 is 21.1 Å². The molecule has 0 unspecified atom stereocenters. The van der Waals surface area contributed by atoms with Crippen molar-refractivity contribution in [3.63, 3.8) is 0 Å². The Bertz CT molecular complexity index is 60.7. The summed E-state index contributed by atoms with van der Waals surface area (Å²) in [6.45, 7) is 0. The fourth-order valence-corrected chi connectivity index (χ4v) is 0.321. The Kier molecular flexibility index (Phi) is 8.72. The summed E-state index contributed by atoms with van der Waals surface area (Å²) in [6, 6.07) is 10.0. The molecule has 0 radical (unpaired) electrons. The Morgan fingerprint density at radius 3 is 1.57 bits per heavy atom. The van der Waals surface area contributed by atoms with E-state index in [1.807, 2.05) is 30.3 Å². The molecule has 0 aromatic heterocycles. The summed E-state index contributed by atoms with van der Waals surface area (Å²) in [4.78, 5) is 0. The van der Waals surface area contributed by atoms with Crippen LogP contribution in [0.3, 0.4) is 0 Å². The number of hydrogen-bond donors (Lipinski definition) is 0. The molecule has 7 heavy (non-hydrogen) atoms. The molecule has 0 N–H and O–H groups in total. The van der Waals surface area contributed by atoms with Gasteiger partial charge in [0.2, 0.25) is 0 Å². The van der Waals surface area contributed by atoms with Gasteiger partial charge in [0.05, 0.1) is 0 Å². The Morgan fingerprint density at radius 2 is 1.43 bits per heavy atom. The van der Waals surface area contributed by atoms with Crippen LogP contribution in [0, 0.1) is 7.43 Å². The van der Waals surface area contributed by atoms with Gasteiger partial charge < -0.3 is 7.43 Å². The van der Waals surface area contributed by atoms with Crippen molar-refractivity contribution in [2.24, 2.45) is 0 Å². The maximum absolute atomic E-state index is 2.00. The molecule has 1 heteroatoms. The van der Waals surface area contributed by atoms with E-state index in [9.17, 15) is 0 Å². The molecule has 0 saturated heterocycles. The van der Waals surface area contributed by atoms with E-state index in [-0.39, 0.29) is 28.5 Å². The molecule has 0 spiro atoms. The molecule has 1 aromatic rings. The Labute approximate surface area is 59.2 Å². The first-order valence-corrected chi connectivity index (χ1v) is 1.67. The molecular formula is C6H8Mo. The summed E-state index contributed by atoms with van der Waals surface area (Å²) in [7, 11) is 0. The second-order valence-electron chi connectivity index (χ2n) is 0.962. The molecule has 0 aliphatic rings. The van der Waals surface area contributed by atoms with Gasteiger partial charge in [-0.05, 0) is 0 Å². The SMILES string of the molecule is [CH3-].[Mo+2].c1cc[cH-]c1. The fourth-order valence-electron chi connectivity index (χ4n) is 0.321. The molecule has 0 saturated carbocycles. The predicted octanol–water partition coefficient (Wildman–Crippen LogP) is 1.85. The molecular weight excluding hydrogens is 168 g/mol. The van der Waals surface area contributed by atoms with Crippen LogP contribution in [0.2, 0.25) is 0 Å². The van der Waals surface area contributed by atoms with E-state index in [2.05, 4.69) is 0 Å².